The van der Waals surface area contributed by atoms with Crippen LogP contribution in [0.3, 0.4) is 0 Å². The van der Waals surface area contributed by atoms with E-state index in [1.807, 2.05) is 0 Å². The van der Waals surface area contributed by atoms with Gasteiger partial charge in [0.15, 0.2) is 0 Å². The lowest BCUT2D eigenvalue weighted by molar-refractivity contribution is 0.575. The average Bonchev–Trinajstić information content (AvgIpc) is 1.63. The number of hydrogen-bond donors (Lipinski definition) is 0. The zero-order chi connectivity index (χ0) is 7.28. The first-order chi connectivity index (χ1) is 4.16. The Hall–Kier alpha value is 1.02. The van der Waals surface area contributed by atoms with Crippen molar-refractivity contribution in [2.24, 2.45) is 5.92 Å². The maximum Gasteiger partial charge on any atom is 0.298 e. The Morgan fingerprint density at radius 2 is 2.00 bits per heavy atom. The largest absolute Gasteiger partial charge is 0.298 e. The number of halogens is 2. The summed E-state index contributed by atoms with van der Waals surface area (Å²) in [6.45, 7) is 4.52. The van der Waals surface area contributed by atoms with Crippen molar-refractivity contribution < 1.29 is 0 Å². The Balaban J connectivity index is 3.15. The van der Waals surface area contributed by atoms with E-state index in [4.69, 9.17) is 0 Å². The summed E-state index contributed by atoms with van der Waals surface area (Å²) in [4.78, 5) is 0. The van der Waals surface area contributed by atoms with Crippen molar-refractivity contribution in [2.75, 3.05) is 0 Å². The second kappa shape index (κ2) is 5.78. The van der Waals surface area contributed by atoms with E-state index >= 15 is 0 Å². The van der Waals surface area contributed by atoms with Crippen LogP contribution >= 0.6 is 31.5 Å². The first-order valence-electron chi connectivity index (χ1n) is 3.45. The molecule has 0 nitrogen and oxygen atoms in total. The highest BCUT2D eigenvalue weighted by Crippen LogP contribution is 2.19. The summed E-state index contributed by atoms with van der Waals surface area (Å²) < 4.78 is 0.506. The molecule has 3 heteroatoms. The van der Waals surface area contributed by atoms with E-state index in [2.05, 4.69) is 45.4 Å². The topological polar surface area (TPSA) is 0 Å². The van der Waals surface area contributed by atoms with Crippen molar-refractivity contribution in [3.05, 3.63) is 0 Å². The molecule has 0 aromatic heterocycles. The van der Waals surface area contributed by atoms with E-state index < -0.39 is 0 Å². The zero-order valence-electron chi connectivity index (χ0n) is 6.03. The quantitative estimate of drug-likeness (QED) is 0.672. The monoisotopic (exact) mass is 254 g/mol. The van der Waals surface area contributed by atoms with Gasteiger partial charge in [-0.25, -0.2) is 0 Å². The van der Waals surface area contributed by atoms with Gasteiger partial charge in [-0.3, -0.25) is 0 Å². The van der Waals surface area contributed by atoms with Crippen LogP contribution in [0.15, 0.2) is 0 Å². The molecule has 0 aromatic rings. The maximum atomic E-state index is 3.46. The van der Waals surface area contributed by atoms with Crippen molar-refractivity contribution in [1.29, 1.82) is 0 Å². The molecule has 0 aromatic carbocycles. The summed E-state index contributed by atoms with van der Waals surface area (Å²) in [6.07, 6.45) is 3.87. The van der Waals surface area contributed by atoms with Gasteiger partial charge in [-0.2, -0.15) is 0 Å². The van der Waals surface area contributed by atoms with Crippen molar-refractivity contribution in [1.82, 2.24) is 0 Å². The van der Waals surface area contributed by atoms with E-state index in [9.17, 15) is 0 Å². The molecule has 0 aliphatic heterocycles. The molecule has 0 bridgehead atoms. The minimum Gasteiger partial charge on any atom is -0.139 e. The second-order valence-electron chi connectivity index (χ2n) is 2.52. The molecule has 0 aliphatic rings. The molecule has 0 saturated carbocycles. The molecule has 54 valence electrons. The zero-order valence-corrected chi connectivity index (χ0v) is 9.20. The van der Waals surface area contributed by atoms with Crippen molar-refractivity contribution in [3.63, 3.8) is 0 Å². The Bertz CT molecular complexity index is 66.1. The summed E-state index contributed by atoms with van der Waals surface area (Å²) in [7, 11) is 0. The van der Waals surface area contributed by atoms with E-state index in [0.29, 0.717) is 4.36 Å². The lowest BCUT2D eigenvalue weighted by Gasteiger charge is -2.07. The van der Waals surface area contributed by atoms with Crippen LogP contribution in [0.2, 0.25) is 6.32 Å². The Morgan fingerprint density at radius 3 is 2.33 bits per heavy atom. The fourth-order valence-electron chi connectivity index (χ4n) is 0.915. The predicted molar refractivity (Wildman–Crippen MR) is 52.5 cm³/mol. The van der Waals surface area contributed by atoms with Crippen LogP contribution in [0.5, 0.6) is 0 Å². The summed E-state index contributed by atoms with van der Waals surface area (Å²) in [5.74, 6) is 0.846. The van der Waals surface area contributed by atoms with Crippen LogP contribution in [0.1, 0.15) is 26.7 Å². The molecular formula is C6H13BBr2. The summed E-state index contributed by atoms with van der Waals surface area (Å²) >= 11 is 6.92. The highest BCUT2D eigenvalue weighted by atomic mass is 79.9. The third-order valence-electron chi connectivity index (χ3n) is 1.36. The van der Waals surface area contributed by atoms with Crippen molar-refractivity contribution in [2.45, 2.75) is 33.0 Å². The molecule has 0 radical (unpaired) electrons. The smallest absolute Gasteiger partial charge is 0.139 e. The van der Waals surface area contributed by atoms with Crippen molar-refractivity contribution in [3.8, 4) is 0 Å². The van der Waals surface area contributed by atoms with Gasteiger partial charge in [0.05, 0.1) is 0 Å². The normalized spacial score (nSPS) is 13.3. The summed E-state index contributed by atoms with van der Waals surface area (Å²) in [6, 6.07) is 0. The van der Waals surface area contributed by atoms with Gasteiger partial charge in [0, 0.05) is 0 Å². The minimum absolute atomic E-state index is 0.506. The van der Waals surface area contributed by atoms with E-state index in [1.54, 1.807) is 0 Å². The van der Waals surface area contributed by atoms with E-state index in [-0.39, 0.29) is 0 Å². The van der Waals surface area contributed by atoms with Gasteiger partial charge in [-0.05, 0) is 12.2 Å². The van der Waals surface area contributed by atoms with Crippen LogP contribution in [0, 0.1) is 5.92 Å². The maximum absolute atomic E-state index is 3.46. The molecule has 1 unspecified atom stereocenters. The molecule has 0 saturated heterocycles. The van der Waals surface area contributed by atoms with Crippen LogP contribution in [-0.2, 0) is 0 Å². The second-order valence-corrected chi connectivity index (χ2v) is 5.96. The van der Waals surface area contributed by atoms with Gasteiger partial charge in [0.25, 0.3) is 4.36 Å². The molecule has 0 N–H and O–H groups in total. The molecule has 0 spiro atoms. The van der Waals surface area contributed by atoms with Crippen LogP contribution in [0.25, 0.3) is 0 Å². The van der Waals surface area contributed by atoms with Crippen LogP contribution in [-0.4, -0.2) is 4.36 Å². The first kappa shape index (κ1) is 10.0. The minimum atomic E-state index is 0.506. The van der Waals surface area contributed by atoms with Crippen LogP contribution < -0.4 is 0 Å². The van der Waals surface area contributed by atoms with Crippen molar-refractivity contribution >= 4 is 35.9 Å². The summed E-state index contributed by atoms with van der Waals surface area (Å²) in [5.41, 5.74) is 0. The molecular weight excluding hydrogens is 243 g/mol. The van der Waals surface area contributed by atoms with Crippen LogP contribution in [0.4, 0.5) is 0 Å². The predicted octanol–water partition coefficient (Wildman–Crippen LogP) is 3.70. The summed E-state index contributed by atoms with van der Waals surface area (Å²) in [5, 5.41) is 0. The Kier molecular flexibility index (Phi) is 6.44. The Labute approximate surface area is 74.8 Å². The molecule has 0 aliphatic carbocycles. The number of hydrogen-bond acceptors (Lipinski definition) is 0. The number of rotatable bonds is 4. The molecule has 0 heterocycles. The third-order valence-corrected chi connectivity index (χ3v) is 2.11. The van der Waals surface area contributed by atoms with Gasteiger partial charge in [0.1, 0.15) is 0 Å². The van der Waals surface area contributed by atoms with E-state index in [0.717, 1.165) is 5.92 Å². The lowest BCUT2D eigenvalue weighted by Crippen LogP contribution is -2.00. The van der Waals surface area contributed by atoms with Gasteiger partial charge in [-0.1, -0.05) is 26.7 Å². The first-order valence-corrected chi connectivity index (χ1v) is 5.28. The average molecular weight is 256 g/mol. The Morgan fingerprint density at radius 1 is 1.44 bits per heavy atom. The molecule has 0 fully saturated rings. The molecule has 9 heavy (non-hydrogen) atoms. The fraction of sp³-hybridized carbons (Fsp3) is 1.00. The highest BCUT2D eigenvalue weighted by Gasteiger charge is 2.08. The van der Waals surface area contributed by atoms with Gasteiger partial charge in [-0.15, -0.1) is 31.5 Å². The van der Waals surface area contributed by atoms with Gasteiger partial charge >= 0.3 is 0 Å². The standard InChI is InChI=1S/C6H13BBr2/c1-3-4-6(2)5-7(8)9/h6H,3-5H2,1-2H3. The van der Waals surface area contributed by atoms with Gasteiger partial charge in [0.2, 0.25) is 0 Å². The third kappa shape index (κ3) is 6.92. The van der Waals surface area contributed by atoms with Gasteiger partial charge < -0.3 is 0 Å². The van der Waals surface area contributed by atoms with E-state index in [1.165, 1.54) is 19.2 Å². The fourth-order valence-corrected chi connectivity index (χ4v) is 2.19. The molecule has 1 atom stereocenters. The SMILES string of the molecule is CCCC(C)CB(Br)Br. The molecule has 0 amide bonds. The lowest BCUT2D eigenvalue weighted by atomic mass is 9.89. The molecule has 0 rings (SSSR count). The highest BCUT2D eigenvalue weighted by molar-refractivity contribution is 9.49.